The number of aliphatic hydroxyl groups is 1. The topological polar surface area (TPSA) is 68.1 Å². The fraction of sp³-hybridized carbons (Fsp3) is 0.500. The molecule has 0 bridgehead atoms. The SMILES string of the molecule is OCC1CCC(Oc2ccc3nccnc3n2)CC1. The monoisotopic (exact) mass is 259 g/mol. The van der Waals surface area contributed by atoms with Crippen LogP contribution in [0.25, 0.3) is 11.2 Å². The fourth-order valence-corrected chi connectivity index (χ4v) is 2.51. The van der Waals surface area contributed by atoms with Crippen molar-refractivity contribution in [1.29, 1.82) is 0 Å². The maximum absolute atomic E-state index is 9.12. The predicted molar refractivity (Wildman–Crippen MR) is 70.8 cm³/mol. The minimum absolute atomic E-state index is 0.199. The summed E-state index contributed by atoms with van der Waals surface area (Å²) in [6.07, 6.45) is 7.48. The van der Waals surface area contributed by atoms with Crippen molar-refractivity contribution in [3.63, 3.8) is 0 Å². The Hall–Kier alpha value is -1.75. The summed E-state index contributed by atoms with van der Waals surface area (Å²) in [5, 5.41) is 9.12. The zero-order valence-corrected chi connectivity index (χ0v) is 10.7. The molecule has 0 aromatic carbocycles. The van der Waals surface area contributed by atoms with Gasteiger partial charge in [-0.05, 0) is 37.7 Å². The molecule has 1 fully saturated rings. The smallest absolute Gasteiger partial charge is 0.215 e. The summed E-state index contributed by atoms with van der Waals surface area (Å²) in [6.45, 7) is 0.288. The van der Waals surface area contributed by atoms with Gasteiger partial charge in [-0.15, -0.1) is 0 Å². The summed E-state index contributed by atoms with van der Waals surface area (Å²) in [4.78, 5) is 12.7. The van der Waals surface area contributed by atoms with Gasteiger partial charge < -0.3 is 9.84 Å². The van der Waals surface area contributed by atoms with Gasteiger partial charge in [-0.3, -0.25) is 4.98 Å². The van der Waals surface area contributed by atoms with Crippen molar-refractivity contribution in [3.8, 4) is 5.88 Å². The van der Waals surface area contributed by atoms with Gasteiger partial charge in [0.2, 0.25) is 5.88 Å². The zero-order valence-electron chi connectivity index (χ0n) is 10.7. The molecule has 2 aromatic rings. The van der Waals surface area contributed by atoms with Gasteiger partial charge >= 0.3 is 0 Å². The van der Waals surface area contributed by atoms with Crippen LogP contribution in [0, 0.1) is 5.92 Å². The molecule has 0 unspecified atom stereocenters. The second-order valence-corrected chi connectivity index (χ2v) is 4.99. The second kappa shape index (κ2) is 5.48. The first-order chi connectivity index (χ1) is 9.35. The van der Waals surface area contributed by atoms with Crippen LogP contribution in [-0.4, -0.2) is 32.8 Å². The van der Waals surface area contributed by atoms with Crippen LogP contribution in [-0.2, 0) is 0 Å². The lowest BCUT2D eigenvalue weighted by Gasteiger charge is -2.27. The van der Waals surface area contributed by atoms with Crippen molar-refractivity contribution in [3.05, 3.63) is 24.5 Å². The first-order valence-corrected chi connectivity index (χ1v) is 6.70. The highest BCUT2D eigenvalue weighted by Crippen LogP contribution is 2.27. The average Bonchev–Trinajstić information content (AvgIpc) is 2.48. The molecule has 100 valence electrons. The van der Waals surface area contributed by atoms with Gasteiger partial charge in [0.05, 0.1) is 0 Å². The Kier molecular flexibility index (Phi) is 3.55. The molecule has 2 heterocycles. The number of pyridine rings is 1. The molecule has 1 saturated carbocycles. The van der Waals surface area contributed by atoms with Crippen LogP contribution in [0.5, 0.6) is 5.88 Å². The Morgan fingerprint density at radius 1 is 1.11 bits per heavy atom. The molecular weight excluding hydrogens is 242 g/mol. The summed E-state index contributed by atoms with van der Waals surface area (Å²) in [5.74, 6) is 1.05. The van der Waals surface area contributed by atoms with Gasteiger partial charge in [0.25, 0.3) is 0 Å². The molecule has 1 N–H and O–H groups in total. The van der Waals surface area contributed by atoms with Crippen molar-refractivity contribution in [2.24, 2.45) is 5.92 Å². The van der Waals surface area contributed by atoms with Gasteiger partial charge in [-0.2, -0.15) is 4.98 Å². The van der Waals surface area contributed by atoms with Gasteiger partial charge in [-0.1, -0.05) is 0 Å². The van der Waals surface area contributed by atoms with E-state index in [4.69, 9.17) is 9.84 Å². The lowest BCUT2D eigenvalue weighted by Crippen LogP contribution is -2.25. The van der Waals surface area contributed by atoms with Crippen molar-refractivity contribution >= 4 is 11.2 Å². The van der Waals surface area contributed by atoms with Crippen LogP contribution in [0.4, 0.5) is 0 Å². The van der Waals surface area contributed by atoms with E-state index in [1.807, 2.05) is 12.1 Å². The van der Waals surface area contributed by atoms with E-state index in [1.54, 1.807) is 12.4 Å². The van der Waals surface area contributed by atoms with Crippen molar-refractivity contribution < 1.29 is 9.84 Å². The quantitative estimate of drug-likeness (QED) is 0.912. The van der Waals surface area contributed by atoms with Gasteiger partial charge in [0.15, 0.2) is 5.65 Å². The number of aliphatic hydroxyl groups excluding tert-OH is 1. The van der Waals surface area contributed by atoms with E-state index in [0.717, 1.165) is 31.2 Å². The molecule has 2 aromatic heterocycles. The van der Waals surface area contributed by atoms with Crippen LogP contribution in [0.15, 0.2) is 24.5 Å². The number of hydrogen-bond acceptors (Lipinski definition) is 5. The van der Waals surface area contributed by atoms with Crippen molar-refractivity contribution in [1.82, 2.24) is 15.0 Å². The van der Waals surface area contributed by atoms with Crippen molar-refractivity contribution in [2.75, 3.05) is 6.61 Å². The molecule has 1 aliphatic carbocycles. The predicted octanol–water partition coefficient (Wildman–Crippen LogP) is 1.95. The standard InChI is InChI=1S/C14H17N3O2/c18-9-10-1-3-11(4-2-10)19-13-6-5-12-14(17-13)16-8-7-15-12/h5-8,10-11,18H,1-4,9H2. The number of hydrogen-bond donors (Lipinski definition) is 1. The molecule has 5 nitrogen and oxygen atoms in total. The lowest BCUT2D eigenvalue weighted by atomic mass is 9.88. The normalized spacial score (nSPS) is 23.4. The number of nitrogens with zero attached hydrogens (tertiary/aromatic N) is 3. The molecule has 1 aliphatic rings. The Bertz CT molecular complexity index is 553. The van der Waals surface area contributed by atoms with E-state index < -0.39 is 0 Å². The van der Waals surface area contributed by atoms with Crippen LogP contribution >= 0.6 is 0 Å². The molecule has 0 aliphatic heterocycles. The Morgan fingerprint density at radius 2 is 1.89 bits per heavy atom. The van der Waals surface area contributed by atoms with E-state index in [-0.39, 0.29) is 12.7 Å². The molecule has 0 amide bonds. The van der Waals surface area contributed by atoms with Crippen LogP contribution in [0.2, 0.25) is 0 Å². The van der Waals surface area contributed by atoms with E-state index in [0.29, 0.717) is 17.4 Å². The fourth-order valence-electron chi connectivity index (χ4n) is 2.51. The minimum atomic E-state index is 0.199. The molecule has 0 saturated heterocycles. The summed E-state index contributed by atoms with van der Waals surface area (Å²) < 4.78 is 5.90. The highest BCUT2D eigenvalue weighted by molar-refractivity contribution is 5.69. The maximum atomic E-state index is 9.12. The molecule has 0 spiro atoms. The third kappa shape index (κ3) is 2.81. The number of fused-ring (bicyclic) bond motifs is 1. The number of ether oxygens (including phenoxy) is 1. The Balaban J connectivity index is 1.68. The first-order valence-electron chi connectivity index (χ1n) is 6.70. The van der Waals surface area contributed by atoms with E-state index in [9.17, 15) is 0 Å². The summed E-state index contributed by atoms with van der Waals surface area (Å²) in [7, 11) is 0. The largest absolute Gasteiger partial charge is 0.474 e. The highest BCUT2D eigenvalue weighted by atomic mass is 16.5. The summed E-state index contributed by atoms with van der Waals surface area (Å²) >= 11 is 0. The molecule has 3 rings (SSSR count). The van der Waals surface area contributed by atoms with E-state index >= 15 is 0 Å². The van der Waals surface area contributed by atoms with Crippen molar-refractivity contribution in [2.45, 2.75) is 31.8 Å². The minimum Gasteiger partial charge on any atom is -0.474 e. The molecule has 19 heavy (non-hydrogen) atoms. The van der Waals surface area contributed by atoms with Gasteiger partial charge in [0, 0.05) is 25.1 Å². The van der Waals surface area contributed by atoms with Gasteiger partial charge in [-0.25, -0.2) is 4.98 Å². The summed E-state index contributed by atoms with van der Waals surface area (Å²) in [5.41, 5.74) is 1.39. The molecule has 5 heteroatoms. The highest BCUT2D eigenvalue weighted by Gasteiger charge is 2.22. The average molecular weight is 259 g/mol. The Morgan fingerprint density at radius 3 is 2.68 bits per heavy atom. The Labute approximate surface area is 111 Å². The zero-order chi connectivity index (χ0) is 13.1. The van der Waals surface area contributed by atoms with Crippen LogP contribution in [0.3, 0.4) is 0 Å². The van der Waals surface area contributed by atoms with E-state index in [1.165, 1.54) is 0 Å². The number of rotatable bonds is 3. The lowest BCUT2D eigenvalue weighted by molar-refractivity contribution is 0.101. The summed E-state index contributed by atoms with van der Waals surface area (Å²) in [6, 6.07) is 3.72. The maximum Gasteiger partial charge on any atom is 0.215 e. The van der Waals surface area contributed by atoms with Crippen LogP contribution in [0.1, 0.15) is 25.7 Å². The van der Waals surface area contributed by atoms with Crippen LogP contribution < -0.4 is 4.74 Å². The van der Waals surface area contributed by atoms with E-state index in [2.05, 4.69) is 15.0 Å². The third-order valence-electron chi connectivity index (χ3n) is 3.65. The third-order valence-corrected chi connectivity index (χ3v) is 3.65. The molecule has 0 radical (unpaired) electrons. The first kappa shape index (κ1) is 12.3. The molecular formula is C14H17N3O2. The second-order valence-electron chi connectivity index (χ2n) is 4.99. The van der Waals surface area contributed by atoms with Gasteiger partial charge in [0.1, 0.15) is 11.6 Å². The number of aromatic nitrogens is 3. The molecule has 0 atom stereocenters.